The van der Waals surface area contributed by atoms with E-state index in [1.165, 1.54) is 28.9 Å². The molecule has 10 heteroatoms. The minimum absolute atomic E-state index is 0.360. The van der Waals surface area contributed by atoms with E-state index in [2.05, 4.69) is 4.99 Å². The first-order valence-corrected chi connectivity index (χ1v) is 7.84. The molecule has 0 amide bonds. The summed E-state index contributed by atoms with van der Waals surface area (Å²) >= 11 is 1.41. The molecule has 2 N–H and O–H groups in total. The first kappa shape index (κ1) is 15.1. The second kappa shape index (κ2) is 5.26. The molecule has 1 aromatic rings. The molecule has 0 atom stereocenters. The van der Waals surface area contributed by atoms with Crippen LogP contribution in [0, 0.1) is 0 Å². The number of hydrogen-bond acceptors (Lipinski definition) is 6. The monoisotopic (exact) mass is 325 g/mol. The van der Waals surface area contributed by atoms with E-state index in [0.29, 0.717) is 17.4 Å². The highest BCUT2D eigenvalue weighted by Crippen LogP contribution is 2.31. The summed E-state index contributed by atoms with van der Waals surface area (Å²) in [6, 6.07) is 4.16. The summed E-state index contributed by atoms with van der Waals surface area (Å²) in [5, 5.41) is 1.75. The Morgan fingerprint density at radius 2 is 1.85 bits per heavy atom. The number of alkyl halides is 3. The number of aliphatic imine (C=N–C) groups is 1. The van der Waals surface area contributed by atoms with Gasteiger partial charge < -0.3 is 0 Å². The molecule has 0 spiro atoms. The molecule has 0 unspecified atom stereocenters. The fraction of sp³-hybridized carbons (Fsp3) is 0.300. The van der Waals surface area contributed by atoms with E-state index >= 15 is 0 Å². The van der Waals surface area contributed by atoms with Crippen molar-refractivity contribution in [2.75, 3.05) is 17.3 Å². The summed E-state index contributed by atoms with van der Waals surface area (Å²) in [6.07, 6.45) is 0. The molecule has 0 fully saturated rings. The number of halogens is 3. The number of rotatable bonds is 2. The van der Waals surface area contributed by atoms with Gasteiger partial charge in [0, 0.05) is 5.75 Å². The molecular weight excluding hydrogens is 315 g/mol. The van der Waals surface area contributed by atoms with E-state index in [9.17, 15) is 21.6 Å². The molecule has 0 aliphatic carbocycles. The maximum atomic E-state index is 12.4. The molecule has 1 aromatic carbocycles. The second-order valence-electron chi connectivity index (χ2n) is 3.83. The van der Waals surface area contributed by atoms with Gasteiger partial charge in [-0.25, -0.2) is 14.3 Å². The number of benzene rings is 1. The average molecular weight is 325 g/mol. The normalized spacial score (nSPS) is 16.1. The second-order valence-corrected chi connectivity index (χ2v) is 6.83. The number of hydrogen-bond donors (Lipinski definition) is 1. The van der Waals surface area contributed by atoms with Crippen molar-refractivity contribution >= 4 is 32.5 Å². The minimum Gasteiger partial charge on any atom is -0.260 e. The Bertz CT molecular complexity index is 626. The first-order chi connectivity index (χ1) is 9.23. The largest absolute Gasteiger partial charge is 0.501 e. The van der Waals surface area contributed by atoms with Crippen molar-refractivity contribution in [3.8, 4) is 0 Å². The summed E-state index contributed by atoms with van der Waals surface area (Å²) in [6.45, 7) is 0.619. The van der Waals surface area contributed by atoms with E-state index < -0.39 is 20.2 Å². The summed E-state index contributed by atoms with van der Waals surface area (Å²) in [5.41, 5.74) is -4.96. The van der Waals surface area contributed by atoms with Crippen molar-refractivity contribution in [2.45, 2.75) is 10.4 Å². The Morgan fingerprint density at radius 1 is 1.25 bits per heavy atom. The maximum Gasteiger partial charge on any atom is 0.501 e. The van der Waals surface area contributed by atoms with Crippen molar-refractivity contribution < 1.29 is 21.6 Å². The van der Waals surface area contributed by atoms with Crippen LogP contribution in [0.3, 0.4) is 0 Å². The van der Waals surface area contributed by atoms with Crippen LogP contribution in [0.2, 0.25) is 0 Å². The third kappa shape index (κ3) is 2.76. The quantitative estimate of drug-likeness (QED) is 0.662. The lowest BCUT2D eigenvalue weighted by molar-refractivity contribution is -0.0436. The van der Waals surface area contributed by atoms with Gasteiger partial charge in [0.2, 0.25) is 0 Å². The van der Waals surface area contributed by atoms with Gasteiger partial charge in [-0.3, -0.25) is 10.0 Å². The third-order valence-electron chi connectivity index (χ3n) is 2.51. The van der Waals surface area contributed by atoms with Gasteiger partial charge in [-0.1, -0.05) is 11.8 Å². The fourth-order valence-electron chi connectivity index (χ4n) is 1.50. The zero-order valence-corrected chi connectivity index (χ0v) is 11.6. The van der Waals surface area contributed by atoms with Gasteiger partial charge in [0.05, 0.1) is 17.1 Å². The summed E-state index contributed by atoms with van der Waals surface area (Å²) < 4.78 is 59.5. The minimum atomic E-state index is -5.33. The van der Waals surface area contributed by atoms with Crippen molar-refractivity contribution in [1.29, 1.82) is 0 Å². The molecule has 1 aliphatic rings. The van der Waals surface area contributed by atoms with Crippen LogP contribution in [0.1, 0.15) is 0 Å². The number of anilines is 1. The molecule has 0 saturated heterocycles. The summed E-state index contributed by atoms with van der Waals surface area (Å²) in [5.74, 6) is 6.54. The number of nitrogens with zero attached hydrogens (tertiary/aromatic N) is 2. The molecular formula is C10H10F3N3O2S2. The zero-order valence-electron chi connectivity index (χ0n) is 9.96. The lowest BCUT2D eigenvalue weighted by atomic mass is 10.3. The van der Waals surface area contributed by atoms with Gasteiger partial charge in [-0.2, -0.15) is 13.2 Å². The van der Waals surface area contributed by atoms with Crippen LogP contribution in [-0.4, -0.2) is 31.4 Å². The van der Waals surface area contributed by atoms with Crippen LogP contribution >= 0.6 is 11.8 Å². The fourth-order valence-corrected chi connectivity index (χ4v) is 3.05. The predicted octanol–water partition coefficient (Wildman–Crippen LogP) is 1.76. The van der Waals surface area contributed by atoms with Crippen molar-refractivity contribution in [3.05, 3.63) is 24.3 Å². The molecule has 0 radical (unpaired) electrons. The standard InChI is InChI=1S/C10H10F3N3O2S2/c11-10(12,13)20(17,18)8-3-1-7(2-4-8)16(14)9-15-5-6-19-9/h1-4H,5-6,14H2. The smallest absolute Gasteiger partial charge is 0.260 e. The number of nitrogens with two attached hydrogens (primary N) is 1. The van der Waals surface area contributed by atoms with Gasteiger partial charge in [-0.15, -0.1) is 0 Å². The van der Waals surface area contributed by atoms with Crippen LogP contribution in [0.15, 0.2) is 34.2 Å². The topological polar surface area (TPSA) is 75.8 Å². The first-order valence-electron chi connectivity index (χ1n) is 5.37. The number of thioether (sulfide) groups is 1. The summed E-state index contributed by atoms with van der Waals surface area (Å²) in [4.78, 5) is 3.29. The Morgan fingerprint density at radius 3 is 2.30 bits per heavy atom. The van der Waals surface area contributed by atoms with Gasteiger partial charge in [-0.05, 0) is 24.3 Å². The average Bonchev–Trinajstić information content (AvgIpc) is 2.90. The van der Waals surface area contributed by atoms with E-state index in [1.807, 2.05) is 0 Å². The van der Waals surface area contributed by atoms with Crippen LogP contribution < -0.4 is 10.9 Å². The van der Waals surface area contributed by atoms with E-state index in [0.717, 1.165) is 17.9 Å². The lowest BCUT2D eigenvalue weighted by Crippen LogP contribution is -2.34. The molecule has 0 bridgehead atoms. The Kier molecular flexibility index (Phi) is 3.98. The lowest BCUT2D eigenvalue weighted by Gasteiger charge is -2.18. The van der Waals surface area contributed by atoms with E-state index in [4.69, 9.17) is 5.84 Å². The zero-order chi connectivity index (χ0) is 15.0. The Balaban J connectivity index is 2.27. The van der Waals surface area contributed by atoms with Crippen LogP contribution in [0.5, 0.6) is 0 Å². The Labute approximate surface area is 117 Å². The van der Waals surface area contributed by atoms with Gasteiger partial charge in [0.1, 0.15) is 0 Å². The summed E-state index contributed by atoms with van der Waals surface area (Å²) in [7, 11) is -5.33. The third-order valence-corrected chi connectivity index (χ3v) is 4.98. The van der Waals surface area contributed by atoms with Crippen molar-refractivity contribution in [3.63, 3.8) is 0 Å². The van der Waals surface area contributed by atoms with Crippen molar-refractivity contribution in [2.24, 2.45) is 10.8 Å². The van der Waals surface area contributed by atoms with Gasteiger partial charge in [0.25, 0.3) is 9.84 Å². The molecule has 1 heterocycles. The number of sulfone groups is 1. The highest BCUT2D eigenvalue weighted by atomic mass is 32.2. The van der Waals surface area contributed by atoms with Crippen LogP contribution in [0.25, 0.3) is 0 Å². The highest BCUT2D eigenvalue weighted by molar-refractivity contribution is 8.14. The molecule has 0 saturated carbocycles. The predicted molar refractivity (Wildman–Crippen MR) is 71.1 cm³/mol. The van der Waals surface area contributed by atoms with Crippen molar-refractivity contribution in [1.82, 2.24) is 0 Å². The highest BCUT2D eigenvalue weighted by Gasteiger charge is 2.46. The molecule has 110 valence electrons. The van der Waals surface area contributed by atoms with Gasteiger partial charge in [0.15, 0.2) is 5.17 Å². The van der Waals surface area contributed by atoms with E-state index in [1.54, 1.807) is 0 Å². The van der Waals surface area contributed by atoms with E-state index in [-0.39, 0.29) is 0 Å². The molecule has 20 heavy (non-hydrogen) atoms. The number of amidine groups is 1. The molecule has 5 nitrogen and oxygen atoms in total. The molecule has 0 aromatic heterocycles. The SMILES string of the molecule is NN(C1=NCCS1)c1ccc(S(=O)(=O)C(F)(F)F)cc1. The van der Waals surface area contributed by atoms with Crippen LogP contribution in [-0.2, 0) is 9.84 Å². The number of hydrazine groups is 1. The molecule has 1 aliphatic heterocycles. The van der Waals surface area contributed by atoms with Gasteiger partial charge >= 0.3 is 5.51 Å². The molecule has 2 rings (SSSR count). The maximum absolute atomic E-state index is 12.4. The van der Waals surface area contributed by atoms with Crippen LogP contribution in [0.4, 0.5) is 18.9 Å². The Hall–Kier alpha value is -1.26.